The summed E-state index contributed by atoms with van der Waals surface area (Å²) in [5.41, 5.74) is 1.65. The molecular formula is C26H38O4. The first-order valence-electron chi connectivity index (χ1n) is 11.7. The number of unbranched alkanes of at least 4 members (excludes halogenated alkanes) is 1. The van der Waals surface area contributed by atoms with Gasteiger partial charge in [0.1, 0.15) is 22.9 Å². The number of ether oxygens (including phenoxy) is 2. The van der Waals surface area contributed by atoms with E-state index in [1.165, 1.54) is 0 Å². The topological polar surface area (TPSA) is 52.6 Å². The summed E-state index contributed by atoms with van der Waals surface area (Å²) in [6.45, 7) is 12.9. The lowest BCUT2D eigenvalue weighted by Gasteiger charge is -2.47. The fraction of sp³-hybridized carbons (Fsp3) is 0.692. The predicted molar refractivity (Wildman–Crippen MR) is 119 cm³/mol. The van der Waals surface area contributed by atoms with Crippen molar-refractivity contribution in [2.24, 2.45) is 5.92 Å². The third-order valence-corrected chi connectivity index (χ3v) is 7.02. The van der Waals surface area contributed by atoms with E-state index in [0.717, 1.165) is 49.0 Å². The summed E-state index contributed by atoms with van der Waals surface area (Å²) < 4.78 is 12.5. The van der Waals surface area contributed by atoms with Gasteiger partial charge in [-0.15, -0.1) is 0 Å². The van der Waals surface area contributed by atoms with Crippen molar-refractivity contribution in [1.29, 1.82) is 0 Å². The molecule has 2 unspecified atom stereocenters. The van der Waals surface area contributed by atoms with E-state index >= 15 is 0 Å². The summed E-state index contributed by atoms with van der Waals surface area (Å²) in [5.74, 6) is 1.75. The molecule has 1 heterocycles. The van der Waals surface area contributed by atoms with E-state index in [-0.39, 0.29) is 34.6 Å². The second-order valence-electron chi connectivity index (χ2n) is 10.3. The van der Waals surface area contributed by atoms with Crippen LogP contribution in [0.1, 0.15) is 110 Å². The number of carbonyl (C=O) groups is 2. The number of benzene rings is 1. The predicted octanol–water partition coefficient (Wildman–Crippen LogP) is 6.48. The second-order valence-corrected chi connectivity index (χ2v) is 10.3. The molecule has 30 heavy (non-hydrogen) atoms. The van der Waals surface area contributed by atoms with Crippen LogP contribution in [-0.2, 0) is 15.0 Å². The zero-order valence-electron chi connectivity index (χ0n) is 19.6. The van der Waals surface area contributed by atoms with Crippen molar-refractivity contribution in [3.8, 4) is 11.5 Å². The average Bonchev–Trinajstić information content (AvgIpc) is 2.65. The van der Waals surface area contributed by atoms with Crippen molar-refractivity contribution in [2.45, 2.75) is 110 Å². The summed E-state index contributed by atoms with van der Waals surface area (Å²) in [7, 11) is 0. The van der Waals surface area contributed by atoms with Gasteiger partial charge >= 0.3 is 5.97 Å². The molecule has 1 aromatic rings. The van der Waals surface area contributed by atoms with Crippen LogP contribution in [-0.4, -0.2) is 17.4 Å². The van der Waals surface area contributed by atoms with Gasteiger partial charge in [-0.2, -0.15) is 0 Å². The molecule has 0 saturated heterocycles. The lowest BCUT2D eigenvalue weighted by Crippen LogP contribution is -2.47. The lowest BCUT2D eigenvalue weighted by molar-refractivity contribution is -0.134. The fourth-order valence-corrected chi connectivity index (χ4v) is 5.17. The molecule has 1 aliphatic carbocycles. The molecule has 2 atom stereocenters. The van der Waals surface area contributed by atoms with E-state index in [1.54, 1.807) is 0 Å². The van der Waals surface area contributed by atoms with Crippen LogP contribution in [0.2, 0.25) is 0 Å². The zero-order valence-corrected chi connectivity index (χ0v) is 19.6. The van der Waals surface area contributed by atoms with Crippen molar-refractivity contribution in [3.05, 3.63) is 23.3 Å². The molecule has 2 aliphatic rings. The minimum Gasteiger partial charge on any atom is -0.487 e. The van der Waals surface area contributed by atoms with Crippen LogP contribution in [0.4, 0.5) is 0 Å². The number of ketones is 1. The number of hydrogen-bond acceptors (Lipinski definition) is 4. The summed E-state index contributed by atoms with van der Waals surface area (Å²) in [6.07, 6.45) is 6.40. The van der Waals surface area contributed by atoms with Gasteiger partial charge < -0.3 is 9.47 Å². The minimum absolute atomic E-state index is 0.0437. The maximum atomic E-state index is 12.5. The van der Waals surface area contributed by atoms with E-state index in [9.17, 15) is 9.59 Å². The van der Waals surface area contributed by atoms with Gasteiger partial charge in [-0.3, -0.25) is 9.59 Å². The largest absolute Gasteiger partial charge is 0.487 e. The molecule has 0 spiro atoms. The highest BCUT2D eigenvalue weighted by molar-refractivity contribution is 5.81. The maximum Gasteiger partial charge on any atom is 0.311 e. The van der Waals surface area contributed by atoms with E-state index < -0.39 is 0 Å². The van der Waals surface area contributed by atoms with Crippen LogP contribution in [0.25, 0.3) is 0 Å². The Balaban J connectivity index is 2.12. The molecule has 4 heteroatoms. The lowest BCUT2D eigenvalue weighted by atomic mass is 9.66. The number of esters is 1. The Bertz CT molecular complexity index is 805. The van der Waals surface area contributed by atoms with Crippen LogP contribution < -0.4 is 9.47 Å². The van der Waals surface area contributed by atoms with Gasteiger partial charge in [-0.1, -0.05) is 40.5 Å². The molecule has 0 N–H and O–H groups in total. The standard InChI is InChI=1S/C26H38O4/c1-7-9-13-25(3,4)17-14-21(29-23(28)10-8-2)24-19-16-18(27)11-12-20(19)26(5,6)30-22(24)15-17/h14-15,19-20H,7-13,16H2,1-6H3. The van der Waals surface area contributed by atoms with Gasteiger partial charge in [0.15, 0.2) is 0 Å². The number of Topliss-reactive ketones (excluding diaryl/α,β-unsaturated/α-hetero) is 1. The van der Waals surface area contributed by atoms with Gasteiger partial charge in [0.25, 0.3) is 0 Å². The molecule has 1 aliphatic heterocycles. The first kappa shape index (κ1) is 22.8. The van der Waals surface area contributed by atoms with Crippen LogP contribution in [0.15, 0.2) is 12.1 Å². The Hall–Kier alpha value is -1.84. The molecule has 0 bridgehead atoms. The molecule has 0 amide bonds. The summed E-state index contributed by atoms with van der Waals surface area (Å²) in [4.78, 5) is 24.8. The molecule has 4 nitrogen and oxygen atoms in total. The second kappa shape index (κ2) is 8.72. The summed E-state index contributed by atoms with van der Waals surface area (Å²) in [5, 5.41) is 0. The first-order valence-corrected chi connectivity index (χ1v) is 11.7. The van der Waals surface area contributed by atoms with E-state index in [2.05, 4.69) is 40.7 Å². The smallest absolute Gasteiger partial charge is 0.311 e. The van der Waals surface area contributed by atoms with E-state index in [0.29, 0.717) is 25.0 Å². The van der Waals surface area contributed by atoms with Crippen molar-refractivity contribution < 1.29 is 19.1 Å². The number of carbonyl (C=O) groups excluding carboxylic acids is 2. The monoisotopic (exact) mass is 414 g/mol. The van der Waals surface area contributed by atoms with Crippen molar-refractivity contribution in [1.82, 2.24) is 0 Å². The highest BCUT2D eigenvalue weighted by Crippen LogP contribution is 2.55. The molecule has 1 saturated carbocycles. The fourth-order valence-electron chi connectivity index (χ4n) is 5.17. The van der Waals surface area contributed by atoms with Gasteiger partial charge in [-0.25, -0.2) is 0 Å². The molecular weight excluding hydrogens is 376 g/mol. The Labute approximate surface area is 181 Å². The molecule has 166 valence electrons. The molecule has 1 aromatic carbocycles. The van der Waals surface area contributed by atoms with Gasteiger partial charge in [0, 0.05) is 36.7 Å². The Morgan fingerprint density at radius 2 is 1.97 bits per heavy atom. The van der Waals surface area contributed by atoms with Gasteiger partial charge in [0.05, 0.1) is 0 Å². The Morgan fingerprint density at radius 3 is 2.63 bits per heavy atom. The molecule has 3 rings (SSSR count). The number of hydrogen-bond donors (Lipinski definition) is 0. The normalized spacial score (nSPS) is 22.7. The molecule has 1 fully saturated rings. The highest BCUT2D eigenvalue weighted by Gasteiger charge is 2.48. The van der Waals surface area contributed by atoms with Gasteiger partial charge in [0.2, 0.25) is 0 Å². The van der Waals surface area contributed by atoms with Gasteiger partial charge in [-0.05, 0) is 56.2 Å². The van der Waals surface area contributed by atoms with Crippen molar-refractivity contribution in [2.75, 3.05) is 0 Å². The maximum absolute atomic E-state index is 12.5. The van der Waals surface area contributed by atoms with Crippen LogP contribution >= 0.6 is 0 Å². The Morgan fingerprint density at radius 1 is 1.23 bits per heavy atom. The van der Waals surface area contributed by atoms with Crippen LogP contribution in [0.3, 0.4) is 0 Å². The van der Waals surface area contributed by atoms with E-state index in [4.69, 9.17) is 9.47 Å². The average molecular weight is 415 g/mol. The summed E-state index contributed by atoms with van der Waals surface area (Å²) >= 11 is 0. The number of rotatable bonds is 7. The van der Waals surface area contributed by atoms with Crippen molar-refractivity contribution in [3.63, 3.8) is 0 Å². The molecule has 0 aromatic heterocycles. The first-order chi connectivity index (χ1) is 14.1. The minimum atomic E-state index is -0.352. The molecule has 0 radical (unpaired) electrons. The number of fused-ring (bicyclic) bond motifs is 3. The van der Waals surface area contributed by atoms with Crippen LogP contribution in [0, 0.1) is 5.92 Å². The van der Waals surface area contributed by atoms with Crippen molar-refractivity contribution >= 4 is 11.8 Å². The quantitative estimate of drug-likeness (QED) is 0.378. The highest BCUT2D eigenvalue weighted by atomic mass is 16.5. The zero-order chi connectivity index (χ0) is 22.1. The third kappa shape index (κ3) is 4.58. The summed E-state index contributed by atoms with van der Waals surface area (Å²) in [6, 6.07) is 4.18. The Kier molecular flexibility index (Phi) is 6.64. The van der Waals surface area contributed by atoms with Crippen LogP contribution in [0.5, 0.6) is 11.5 Å². The SMILES string of the molecule is CCCCC(C)(C)c1cc(OC(=O)CCC)c2c(c1)OC(C)(C)C1CCC(=O)CC21. The third-order valence-electron chi connectivity index (χ3n) is 7.02. The van der Waals surface area contributed by atoms with E-state index in [1.807, 2.05) is 13.0 Å².